The van der Waals surface area contributed by atoms with Crippen molar-refractivity contribution in [3.05, 3.63) is 100 Å². The number of fused-ring (bicyclic) bond motifs is 1. The van der Waals surface area contributed by atoms with Crippen LogP contribution in [0.2, 0.25) is 0 Å². The number of amides is 2. The summed E-state index contributed by atoms with van der Waals surface area (Å²) in [6.45, 7) is 0.0593. The Balaban J connectivity index is 1.63. The van der Waals surface area contributed by atoms with E-state index in [9.17, 15) is 24.6 Å². The number of nitrogens with zero attached hydrogens (tertiary/aromatic N) is 1. The Morgan fingerprint density at radius 1 is 0.943 bits per heavy atom. The second kappa shape index (κ2) is 8.94. The fourth-order valence-electron chi connectivity index (χ4n) is 5.38. The number of phenolic OH excluding ortho intramolecular Hbond substituents is 1. The van der Waals surface area contributed by atoms with Crippen molar-refractivity contribution in [1.82, 2.24) is 10.2 Å². The van der Waals surface area contributed by atoms with Crippen molar-refractivity contribution < 1.29 is 24.6 Å². The molecule has 3 N–H and O–H groups in total. The number of aliphatic carboxylic acids is 1. The average molecular weight is 535 g/mol. The molecule has 0 spiro atoms. The van der Waals surface area contributed by atoms with Crippen LogP contribution in [0.4, 0.5) is 0 Å². The second-order valence-electron chi connectivity index (χ2n) is 9.02. The number of halogens is 1. The third-order valence-corrected chi connectivity index (χ3v) is 7.45. The van der Waals surface area contributed by atoms with Crippen molar-refractivity contribution >= 4 is 33.7 Å². The maximum Gasteiger partial charge on any atom is 0.325 e. The summed E-state index contributed by atoms with van der Waals surface area (Å²) in [5, 5.41) is 24.3. The van der Waals surface area contributed by atoms with E-state index in [2.05, 4.69) is 21.2 Å². The van der Waals surface area contributed by atoms with Crippen LogP contribution in [0.3, 0.4) is 0 Å². The summed E-state index contributed by atoms with van der Waals surface area (Å²) in [5.41, 5.74) is 0.132. The molecule has 0 radical (unpaired) electrons. The molecule has 2 heterocycles. The predicted molar refractivity (Wildman–Crippen MR) is 131 cm³/mol. The standard InChI is InChI=1S/C27H23BrN2O5/c28-18-11-12-20(31)19(13-18)23-21-22(25(33)30(24(21)32)15-17-9-5-2-6-10-17)27(29-23,26(34)35)14-16-7-3-1-4-8-16/h1-13,21-23,29,31H,14-15H2,(H,34,35). The van der Waals surface area contributed by atoms with E-state index in [-0.39, 0.29) is 18.7 Å². The van der Waals surface area contributed by atoms with Crippen LogP contribution in [-0.2, 0) is 27.3 Å². The molecule has 2 aliphatic heterocycles. The summed E-state index contributed by atoms with van der Waals surface area (Å²) in [5.74, 6) is -4.38. The molecule has 0 bridgehead atoms. The van der Waals surface area contributed by atoms with Crippen LogP contribution in [0, 0.1) is 11.8 Å². The van der Waals surface area contributed by atoms with E-state index in [0.717, 1.165) is 16.0 Å². The van der Waals surface area contributed by atoms with Gasteiger partial charge in [0.2, 0.25) is 11.8 Å². The van der Waals surface area contributed by atoms with E-state index >= 15 is 0 Å². The zero-order valence-electron chi connectivity index (χ0n) is 18.6. The van der Waals surface area contributed by atoms with E-state index in [0.29, 0.717) is 10.0 Å². The van der Waals surface area contributed by atoms with Gasteiger partial charge in [-0.1, -0.05) is 76.6 Å². The molecular weight excluding hydrogens is 512 g/mol. The van der Waals surface area contributed by atoms with Gasteiger partial charge in [0.1, 0.15) is 11.3 Å². The smallest absolute Gasteiger partial charge is 0.325 e. The SMILES string of the molecule is O=C1C2C(c3cc(Br)ccc3O)NC(Cc3ccccc3)(C(=O)O)C2C(=O)N1Cc1ccccc1. The van der Waals surface area contributed by atoms with Crippen LogP contribution < -0.4 is 5.32 Å². The topological polar surface area (TPSA) is 107 Å². The Morgan fingerprint density at radius 2 is 1.57 bits per heavy atom. The highest BCUT2D eigenvalue weighted by atomic mass is 79.9. The van der Waals surface area contributed by atoms with Gasteiger partial charge in [0.15, 0.2) is 0 Å². The number of hydrogen-bond acceptors (Lipinski definition) is 5. The van der Waals surface area contributed by atoms with Crippen LogP contribution in [0.25, 0.3) is 0 Å². The lowest BCUT2D eigenvalue weighted by Crippen LogP contribution is -2.57. The Hall–Kier alpha value is -3.49. The van der Waals surface area contributed by atoms with Crippen LogP contribution in [-0.4, -0.2) is 38.4 Å². The molecule has 0 saturated carbocycles. The van der Waals surface area contributed by atoms with Gasteiger partial charge in [-0.25, -0.2) is 0 Å². The summed E-state index contributed by atoms with van der Waals surface area (Å²) in [6, 6.07) is 22.1. The summed E-state index contributed by atoms with van der Waals surface area (Å²) >= 11 is 3.39. The number of hydrogen-bond donors (Lipinski definition) is 3. The Kier molecular flexibility index (Phi) is 5.94. The maximum absolute atomic E-state index is 13.8. The number of carbonyl (C=O) groups excluding carboxylic acids is 2. The fourth-order valence-corrected chi connectivity index (χ4v) is 5.76. The number of aromatic hydroxyl groups is 1. The van der Waals surface area contributed by atoms with E-state index in [1.165, 1.54) is 6.07 Å². The van der Waals surface area contributed by atoms with Gasteiger partial charge in [-0.05, 0) is 29.3 Å². The number of phenols is 1. The number of carbonyl (C=O) groups is 3. The van der Waals surface area contributed by atoms with Crippen molar-refractivity contribution in [3.63, 3.8) is 0 Å². The van der Waals surface area contributed by atoms with E-state index in [4.69, 9.17) is 0 Å². The van der Waals surface area contributed by atoms with Crippen LogP contribution in [0.1, 0.15) is 22.7 Å². The highest BCUT2D eigenvalue weighted by Gasteiger charge is 2.68. The minimum Gasteiger partial charge on any atom is -0.508 e. The molecule has 0 aliphatic carbocycles. The second-order valence-corrected chi connectivity index (χ2v) is 9.93. The lowest BCUT2D eigenvalue weighted by molar-refractivity contribution is -0.151. The highest BCUT2D eigenvalue weighted by molar-refractivity contribution is 9.10. The number of carboxylic acid groups (broad SMARTS) is 1. The summed E-state index contributed by atoms with van der Waals surface area (Å²) in [4.78, 5) is 41.6. The molecule has 3 aromatic rings. The van der Waals surface area contributed by atoms with Crippen molar-refractivity contribution in [2.75, 3.05) is 0 Å². The van der Waals surface area contributed by atoms with Crippen molar-refractivity contribution in [3.8, 4) is 5.75 Å². The third kappa shape index (κ3) is 3.92. The van der Waals surface area contributed by atoms with Gasteiger partial charge in [-0.2, -0.15) is 0 Å². The van der Waals surface area contributed by atoms with E-state index in [1.54, 1.807) is 36.4 Å². The number of likely N-dealkylation sites (tertiary alicyclic amines) is 1. The van der Waals surface area contributed by atoms with Gasteiger partial charge < -0.3 is 10.2 Å². The first-order chi connectivity index (χ1) is 16.8. The molecule has 2 fully saturated rings. The normalized spacial score (nSPS) is 25.6. The van der Waals surface area contributed by atoms with Crippen LogP contribution >= 0.6 is 15.9 Å². The van der Waals surface area contributed by atoms with Gasteiger partial charge >= 0.3 is 5.97 Å². The molecule has 35 heavy (non-hydrogen) atoms. The molecule has 2 amide bonds. The molecule has 178 valence electrons. The van der Waals surface area contributed by atoms with Crippen molar-refractivity contribution in [2.24, 2.45) is 11.8 Å². The van der Waals surface area contributed by atoms with Gasteiger partial charge in [0, 0.05) is 22.5 Å². The zero-order chi connectivity index (χ0) is 24.7. The highest BCUT2D eigenvalue weighted by Crippen LogP contribution is 2.51. The molecule has 8 heteroatoms. The first-order valence-electron chi connectivity index (χ1n) is 11.2. The largest absolute Gasteiger partial charge is 0.508 e. The minimum absolute atomic E-state index is 0.00774. The molecule has 3 aromatic carbocycles. The molecular formula is C27H23BrN2O5. The number of imide groups is 1. The Labute approximate surface area is 210 Å². The maximum atomic E-state index is 13.8. The van der Waals surface area contributed by atoms with Gasteiger partial charge in [0.05, 0.1) is 18.4 Å². The Morgan fingerprint density at radius 3 is 2.20 bits per heavy atom. The summed E-state index contributed by atoms with van der Waals surface area (Å²) < 4.78 is 0.664. The first kappa shape index (κ1) is 23.3. The predicted octanol–water partition coefficient (Wildman–Crippen LogP) is 3.67. The summed E-state index contributed by atoms with van der Waals surface area (Å²) in [6.07, 6.45) is 0.00774. The first-order valence-corrected chi connectivity index (χ1v) is 12.0. The summed E-state index contributed by atoms with van der Waals surface area (Å²) in [7, 11) is 0. The number of nitrogens with one attached hydrogen (secondary N) is 1. The lowest BCUT2D eigenvalue weighted by Gasteiger charge is -2.31. The third-order valence-electron chi connectivity index (χ3n) is 6.96. The van der Waals surface area contributed by atoms with Crippen LogP contribution in [0.5, 0.6) is 5.75 Å². The van der Waals surface area contributed by atoms with Gasteiger partial charge in [-0.15, -0.1) is 0 Å². The number of carboxylic acids is 1. The molecule has 2 saturated heterocycles. The zero-order valence-corrected chi connectivity index (χ0v) is 20.2. The molecule has 4 atom stereocenters. The average Bonchev–Trinajstić information content (AvgIpc) is 3.32. The quantitative estimate of drug-likeness (QED) is 0.416. The molecule has 5 rings (SSSR count). The minimum atomic E-state index is -1.73. The van der Waals surface area contributed by atoms with E-state index < -0.39 is 41.2 Å². The van der Waals surface area contributed by atoms with Crippen molar-refractivity contribution in [2.45, 2.75) is 24.5 Å². The van der Waals surface area contributed by atoms with Gasteiger partial charge in [-0.3, -0.25) is 24.6 Å². The van der Waals surface area contributed by atoms with Gasteiger partial charge in [0.25, 0.3) is 0 Å². The van der Waals surface area contributed by atoms with E-state index in [1.807, 2.05) is 36.4 Å². The van der Waals surface area contributed by atoms with Crippen LogP contribution in [0.15, 0.2) is 83.3 Å². The molecule has 7 nitrogen and oxygen atoms in total. The number of rotatable bonds is 6. The molecule has 4 unspecified atom stereocenters. The molecule has 2 aliphatic rings. The number of benzene rings is 3. The molecule has 0 aromatic heterocycles. The lowest BCUT2D eigenvalue weighted by atomic mass is 9.76. The fraction of sp³-hybridized carbons (Fsp3) is 0.222. The van der Waals surface area contributed by atoms with Crippen molar-refractivity contribution in [1.29, 1.82) is 0 Å². The monoisotopic (exact) mass is 534 g/mol. The Bertz CT molecular complexity index is 1300.